The van der Waals surface area contributed by atoms with Gasteiger partial charge in [0.2, 0.25) is 5.82 Å². The quantitative estimate of drug-likeness (QED) is 0.680. The number of hydrogen-bond donors (Lipinski definition) is 1. The standard InChI is InChI=1S/C14H11F3N2O2/c1-8(9-3-2-4-10(15)5-9)18-13-7-11(16)6-12(17)14(13)19(20)21/h2-8,18H,1H3. The van der Waals surface area contributed by atoms with Crippen LogP contribution >= 0.6 is 0 Å². The third-order valence-electron chi connectivity index (χ3n) is 2.93. The minimum atomic E-state index is -1.27. The second kappa shape index (κ2) is 5.82. The Morgan fingerprint density at radius 1 is 1.14 bits per heavy atom. The van der Waals surface area contributed by atoms with E-state index < -0.39 is 34.1 Å². The molecule has 2 rings (SSSR count). The van der Waals surface area contributed by atoms with Crippen molar-refractivity contribution in [3.63, 3.8) is 0 Å². The van der Waals surface area contributed by atoms with Gasteiger partial charge in [-0.3, -0.25) is 10.1 Å². The highest BCUT2D eigenvalue weighted by Crippen LogP contribution is 2.31. The van der Waals surface area contributed by atoms with Crippen molar-refractivity contribution in [1.82, 2.24) is 0 Å². The maximum Gasteiger partial charge on any atom is 0.327 e. The normalized spacial score (nSPS) is 12.0. The molecule has 0 saturated heterocycles. The van der Waals surface area contributed by atoms with Gasteiger partial charge in [-0.25, -0.2) is 8.78 Å². The van der Waals surface area contributed by atoms with Crippen LogP contribution in [-0.2, 0) is 0 Å². The third kappa shape index (κ3) is 3.31. The Kier molecular flexibility index (Phi) is 4.11. The monoisotopic (exact) mass is 296 g/mol. The molecule has 110 valence electrons. The minimum Gasteiger partial charge on any atom is -0.373 e. The van der Waals surface area contributed by atoms with Crippen molar-refractivity contribution in [2.24, 2.45) is 0 Å². The van der Waals surface area contributed by atoms with Crippen molar-refractivity contribution in [2.75, 3.05) is 5.32 Å². The van der Waals surface area contributed by atoms with Gasteiger partial charge < -0.3 is 5.32 Å². The zero-order chi connectivity index (χ0) is 15.6. The van der Waals surface area contributed by atoms with Gasteiger partial charge in [0.25, 0.3) is 0 Å². The van der Waals surface area contributed by atoms with Crippen LogP contribution in [0.5, 0.6) is 0 Å². The van der Waals surface area contributed by atoms with E-state index in [4.69, 9.17) is 0 Å². The second-order valence-electron chi connectivity index (χ2n) is 4.46. The topological polar surface area (TPSA) is 55.2 Å². The molecule has 21 heavy (non-hydrogen) atoms. The third-order valence-corrected chi connectivity index (χ3v) is 2.93. The number of rotatable bonds is 4. The number of nitro benzene ring substituents is 1. The van der Waals surface area contributed by atoms with Crippen LogP contribution < -0.4 is 5.32 Å². The van der Waals surface area contributed by atoms with Gasteiger partial charge in [-0.05, 0) is 24.6 Å². The lowest BCUT2D eigenvalue weighted by Crippen LogP contribution is -2.10. The van der Waals surface area contributed by atoms with Gasteiger partial charge in [0.05, 0.1) is 4.92 Å². The molecule has 0 aliphatic carbocycles. The predicted molar refractivity (Wildman–Crippen MR) is 71.5 cm³/mol. The van der Waals surface area contributed by atoms with Gasteiger partial charge in [0, 0.05) is 18.2 Å². The van der Waals surface area contributed by atoms with Crippen molar-refractivity contribution in [3.05, 3.63) is 69.5 Å². The lowest BCUT2D eigenvalue weighted by atomic mass is 10.1. The molecule has 0 radical (unpaired) electrons. The van der Waals surface area contributed by atoms with Crippen molar-refractivity contribution in [3.8, 4) is 0 Å². The number of nitrogens with zero attached hydrogens (tertiary/aromatic N) is 1. The highest BCUT2D eigenvalue weighted by atomic mass is 19.1. The summed E-state index contributed by atoms with van der Waals surface area (Å²) >= 11 is 0. The molecular weight excluding hydrogens is 285 g/mol. The van der Waals surface area contributed by atoms with E-state index >= 15 is 0 Å². The first-order chi connectivity index (χ1) is 9.88. The van der Waals surface area contributed by atoms with Gasteiger partial charge in [-0.2, -0.15) is 4.39 Å². The number of nitrogens with one attached hydrogen (secondary N) is 1. The highest BCUT2D eigenvalue weighted by Gasteiger charge is 2.23. The molecule has 2 aromatic carbocycles. The molecule has 0 heterocycles. The van der Waals surface area contributed by atoms with Crippen molar-refractivity contribution in [1.29, 1.82) is 0 Å². The van der Waals surface area contributed by atoms with Crippen molar-refractivity contribution >= 4 is 11.4 Å². The average Bonchev–Trinajstić information content (AvgIpc) is 2.37. The summed E-state index contributed by atoms with van der Waals surface area (Å²) in [4.78, 5) is 9.93. The van der Waals surface area contributed by atoms with E-state index in [0.717, 1.165) is 6.07 Å². The van der Waals surface area contributed by atoms with Gasteiger partial charge in [0.15, 0.2) is 0 Å². The summed E-state index contributed by atoms with van der Waals surface area (Å²) in [5.41, 5.74) is -0.650. The first-order valence-electron chi connectivity index (χ1n) is 6.04. The molecule has 2 aromatic rings. The number of hydrogen-bond acceptors (Lipinski definition) is 3. The summed E-state index contributed by atoms with van der Waals surface area (Å²) in [5, 5.41) is 13.5. The molecule has 1 unspecified atom stereocenters. The molecule has 7 heteroatoms. The average molecular weight is 296 g/mol. The van der Waals surface area contributed by atoms with E-state index in [1.165, 1.54) is 18.2 Å². The van der Waals surface area contributed by atoms with E-state index in [1.807, 2.05) is 0 Å². The summed E-state index contributed by atoms with van der Waals surface area (Å²) in [6.45, 7) is 1.60. The lowest BCUT2D eigenvalue weighted by molar-refractivity contribution is -0.386. The molecule has 0 aromatic heterocycles. The van der Waals surface area contributed by atoms with Gasteiger partial charge in [0.1, 0.15) is 17.3 Å². The van der Waals surface area contributed by atoms with E-state index in [9.17, 15) is 23.3 Å². The van der Waals surface area contributed by atoms with Gasteiger partial charge >= 0.3 is 5.69 Å². The lowest BCUT2D eigenvalue weighted by Gasteiger charge is -2.16. The number of halogens is 3. The Morgan fingerprint density at radius 2 is 1.86 bits per heavy atom. The first-order valence-corrected chi connectivity index (χ1v) is 6.04. The fourth-order valence-corrected chi connectivity index (χ4v) is 1.95. The Bertz CT molecular complexity index is 692. The van der Waals surface area contributed by atoms with Crippen LogP contribution in [0.1, 0.15) is 18.5 Å². The first kappa shape index (κ1) is 14.8. The van der Waals surface area contributed by atoms with Crippen LogP contribution in [0, 0.1) is 27.6 Å². The summed E-state index contributed by atoms with van der Waals surface area (Å²) < 4.78 is 39.9. The molecule has 0 fully saturated rings. The molecule has 4 nitrogen and oxygen atoms in total. The maximum atomic E-state index is 13.5. The maximum absolute atomic E-state index is 13.5. The second-order valence-corrected chi connectivity index (χ2v) is 4.46. The predicted octanol–water partition coefficient (Wildman–Crippen LogP) is 4.19. The molecular formula is C14H11F3N2O2. The van der Waals surface area contributed by atoms with E-state index in [2.05, 4.69) is 5.32 Å². The van der Waals surface area contributed by atoms with Crippen LogP contribution in [0.25, 0.3) is 0 Å². The van der Waals surface area contributed by atoms with Crippen LogP contribution in [0.15, 0.2) is 36.4 Å². The molecule has 0 amide bonds. The van der Waals surface area contributed by atoms with Gasteiger partial charge in [-0.15, -0.1) is 0 Å². The number of anilines is 1. The summed E-state index contributed by atoms with van der Waals surface area (Å²) in [6, 6.07) is 6.26. The minimum absolute atomic E-state index is 0.297. The smallest absolute Gasteiger partial charge is 0.327 e. The molecule has 0 saturated carbocycles. The van der Waals surface area contributed by atoms with E-state index in [-0.39, 0.29) is 5.69 Å². The largest absolute Gasteiger partial charge is 0.373 e. The summed E-state index contributed by atoms with van der Waals surface area (Å²) in [6.07, 6.45) is 0. The van der Waals surface area contributed by atoms with Crippen LogP contribution in [0.4, 0.5) is 24.5 Å². The van der Waals surface area contributed by atoms with Gasteiger partial charge in [-0.1, -0.05) is 12.1 Å². The van der Waals surface area contributed by atoms with Crippen LogP contribution in [0.2, 0.25) is 0 Å². The summed E-state index contributed by atoms with van der Waals surface area (Å²) in [7, 11) is 0. The molecule has 0 spiro atoms. The molecule has 1 atom stereocenters. The Hall–Kier alpha value is -2.57. The highest BCUT2D eigenvalue weighted by molar-refractivity contribution is 5.63. The molecule has 0 aliphatic rings. The van der Waals surface area contributed by atoms with Crippen molar-refractivity contribution < 1.29 is 18.1 Å². The fraction of sp³-hybridized carbons (Fsp3) is 0.143. The Morgan fingerprint density at radius 3 is 2.48 bits per heavy atom. The summed E-state index contributed by atoms with van der Waals surface area (Å²) in [5.74, 6) is -2.68. The fourth-order valence-electron chi connectivity index (χ4n) is 1.95. The zero-order valence-electron chi connectivity index (χ0n) is 10.9. The van der Waals surface area contributed by atoms with E-state index in [1.54, 1.807) is 13.0 Å². The van der Waals surface area contributed by atoms with Crippen LogP contribution in [0.3, 0.4) is 0 Å². The van der Waals surface area contributed by atoms with E-state index in [0.29, 0.717) is 11.6 Å². The van der Waals surface area contributed by atoms with Crippen molar-refractivity contribution in [2.45, 2.75) is 13.0 Å². The molecule has 1 N–H and O–H groups in total. The molecule has 0 aliphatic heterocycles. The molecule has 0 bridgehead atoms. The Balaban J connectivity index is 2.37. The SMILES string of the molecule is CC(Nc1cc(F)cc(F)c1[N+](=O)[O-])c1cccc(F)c1. The number of benzene rings is 2. The Labute approximate surface area is 118 Å². The number of nitro groups is 1. The zero-order valence-corrected chi connectivity index (χ0v) is 10.9. The van der Waals surface area contributed by atoms with Crippen LogP contribution in [-0.4, -0.2) is 4.92 Å².